The fourth-order valence-electron chi connectivity index (χ4n) is 2.13. The third-order valence-electron chi connectivity index (χ3n) is 2.96. The van der Waals surface area contributed by atoms with Crippen LogP contribution in [0.5, 0.6) is 17.2 Å². The number of hydrogen-bond acceptors (Lipinski definition) is 5. The van der Waals surface area contributed by atoms with Gasteiger partial charge in [0.2, 0.25) is 0 Å². The molecule has 1 aliphatic heterocycles. The zero-order valence-corrected chi connectivity index (χ0v) is 12.6. The molecule has 3 rings (SSSR count). The third kappa shape index (κ3) is 3.36. The molecular weight excluding hydrogens is 286 g/mol. The second-order valence-corrected chi connectivity index (χ2v) is 5.73. The smallest absolute Gasteiger partial charge is 0.162 e. The van der Waals surface area contributed by atoms with E-state index in [4.69, 9.17) is 19.9 Å². The summed E-state index contributed by atoms with van der Waals surface area (Å²) in [5.74, 6) is 2.38. The van der Waals surface area contributed by atoms with Gasteiger partial charge in [0.25, 0.3) is 0 Å². The third-order valence-corrected chi connectivity index (χ3v) is 3.92. The van der Waals surface area contributed by atoms with Gasteiger partial charge in [-0.2, -0.15) is 0 Å². The van der Waals surface area contributed by atoms with Gasteiger partial charge in [-0.3, -0.25) is 0 Å². The maximum Gasteiger partial charge on any atom is 0.162 e. The molecule has 0 radical (unpaired) electrons. The number of nitrogen functional groups attached to an aromatic ring is 1. The van der Waals surface area contributed by atoms with E-state index in [0.29, 0.717) is 25.5 Å². The second kappa shape index (κ2) is 6.18. The highest BCUT2D eigenvalue weighted by Crippen LogP contribution is 2.38. The molecule has 1 aliphatic rings. The molecule has 2 aromatic rings. The molecule has 0 fully saturated rings. The maximum atomic E-state index is 5.92. The molecule has 0 unspecified atom stereocenters. The Morgan fingerprint density at radius 2 is 1.86 bits per heavy atom. The number of ether oxygens (including phenoxy) is 3. The lowest BCUT2D eigenvalue weighted by Crippen LogP contribution is -2.15. The van der Waals surface area contributed by atoms with E-state index < -0.39 is 0 Å². The monoisotopic (exact) mass is 303 g/mol. The molecular formula is C16H17NO3S. The minimum absolute atomic E-state index is 0.591. The Hall–Kier alpha value is -2.01. The molecule has 0 bridgehead atoms. The van der Waals surface area contributed by atoms with Crippen molar-refractivity contribution in [1.82, 2.24) is 0 Å². The number of hydrogen-bond donors (Lipinski definition) is 1. The molecule has 21 heavy (non-hydrogen) atoms. The predicted octanol–water partition coefficient (Wildman–Crippen LogP) is 3.59. The minimum atomic E-state index is 0.591. The molecule has 4 nitrogen and oxygen atoms in total. The normalized spacial score (nSPS) is 13.0. The van der Waals surface area contributed by atoms with Crippen LogP contribution < -0.4 is 19.9 Å². The average Bonchev–Trinajstić information content (AvgIpc) is 2.47. The van der Waals surface area contributed by atoms with Crippen molar-refractivity contribution in [3.05, 3.63) is 36.4 Å². The lowest BCUT2D eigenvalue weighted by Gasteiger charge is -2.18. The predicted molar refractivity (Wildman–Crippen MR) is 83.6 cm³/mol. The molecule has 0 amide bonds. The van der Waals surface area contributed by atoms with Gasteiger partial charge in [-0.05, 0) is 37.3 Å². The van der Waals surface area contributed by atoms with Gasteiger partial charge in [0, 0.05) is 21.5 Å². The van der Waals surface area contributed by atoms with E-state index >= 15 is 0 Å². The lowest BCUT2D eigenvalue weighted by atomic mass is 10.3. The van der Waals surface area contributed by atoms with Gasteiger partial charge in [0.15, 0.2) is 11.5 Å². The highest BCUT2D eigenvalue weighted by atomic mass is 32.2. The molecule has 110 valence electrons. The molecule has 0 aromatic heterocycles. The fraction of sp³-hybridized carbons (Fsp3) is 0.250. The summed E-state index contributed by atoms with van der Waals surface area (Å²) in [6, 6.07) is 11.7. The molecule has 0 saturated carbocycles. The topological polar surface area (TPSA) is 53.7 Å². The SMILES string of the molecule is CCOc1cc(N)cc(Sc2ccc3c(c2)OCCO3)c1. The highest BCUT2D eigenvalue weighted by Gasteiger charge is 2.12. The van der Waals surface area contributed by atoms with Gasteiger partial charge >= 0.3 is 0 Å². The molecule has 0 aliphatic carbocycles. The zero-order valence-electron chi connectivity index (χ0n) is 11.8. The van der Waals surface area contributed by atoms with Gasteiger partial charge in [-0.15, -0.1) is 0 Å². The Kier molecular flexibility index (Phi) is 4.10. The summed E-state index contributed by atoms with van der Waals surface area (Å²) in [7, 11) is 0. The summed E-state index contributed by atoms with van der Waals surface area (Å²) in [6.07, 6.45) is 0. The second-order valence-electron chi connectivity index (χ2n) is 4.58. The summed E-state index contributed by atoms with van der Waals surface area (Å²) in [4.78, 5) is 2.11. The van der Waals surface area contributed by atoms with Crippen LogP contribution in [0.2, 0.25) is 0 Å². The average molecular weight is 303 g/mol. The van der Waals surface area contributed by atoms with Gasteiger partial charge in [0.1, 0.15) is 19.0 Å². The zero-order chi connectivity index (χ0) is 14.7. The van der Waals surface area contributed by atoms with Gasteiger partial charge in [0.05, 0.1) is 6.61 Å². The van der Waals surface area contributed by atoms with Crippen LogP contribution in [0.4, 0.5) is 5.69 Å². The minimum Gasteiger partial charge on any atom is -0.494 e. The van der Waals surface area contributed by atoms with E-state index in [-0.39, 0.29) is 0 Å². The summed E-state index contributed by atoms with van der Waals surface area (Å²) in [5.41, 5.74) is 6.61. The Morgan fingerprint density at radius 1 is 1.05 bits per heavy atom. The van der Waals surface area contributed by atoms with E-state index in [0.717, 1.165) is 27.0 Å². The molecule has 0 atom stereocenters. The molecule has 0 saturated heterocycles. The van der Waals surface area contributed by atoms with Crippen molar-refractivity contribution < 1.29 is 14.2 Å². The van der Waals surface area contributed by atoms with Gasteiger partial charge in [-0.1, -0.05) is 11.8 Å². The van der Waals surface area contributed by atoms with Crippen LogP contribution in [-0.2, 0) is 0 Å². The van der Waals surface area contributed by atoms with Crippen LogP contribution >= 0.6 is 11.8 Å². The Morgan fingerprint density at radius 3 is 2.67 bits per heavy atom. The number of fused-ring (bicyclic) bond motifs is 1. The van der Waals surface area contributed by atoms with Crippen molar-refractivity contribution in [2.24, 2.45) is 0 Å². The quantitative estimate of drug-likeness (QED) is 0.875. The Bertz CT molecular complexity index is 645. The van der Waals surface area contributed by atoms with E-state index in [9.17, 15) is 0 Å². The fourth-order valence-corrected chi connectivity index (χ4v) is 3.07. The van der Waals surface area contributed by atoms with Gasteiger partial charge in [-0.25, -0.2) is 0 Å². The standard InChI is InChI=1S/C16H17NO3S/c1-2-18-12-7-11(17)8-14(9-12)21-13-3-4-15-16(10-13)20-6-5-19-15/h3-4,7-10H,2,5-6,17H2,1H3. The molecule has 2 aromatic carbocycles. The van der Waals surface area contributed by atoms with Crippen molar-refractivity contribution in [2.45, 2.75) is 16.7 Å². The van der Waals surface area contributed by atoms with E-state index in [1.807, 2.05) is 43.3 Å². The van der Waals surface area contributed by atoms with E-state index in [2.05, 4.69) is 0 Å². The first-order valence-corrected chi connectivity index (χ1v) is 7.67. The van der Waals surface area contributed by atoms with Crippen LogP contribution in [0.3, 0.4) is 0 Å². The van der Waals surface area contributed by atoms with Gasteiger partial charge < -0.3 is 19.9 Å². The number of anilines is 1. The largest absolute Gasteiger partial charge is 0.494 e. The first-order valence-electron chi connectivity index (χ1n) is 6.85. The first-order chi connectivity index (χ1) is 10.2. The molecule has 2 N–H and O–H groups in total. The lowest BCUT2D eigenvalue weighted by molar-refractivity contribution is 0.171. The van der Waals surface area contributed by atoms with Crippen LogP contribution in [0.25, 0.3) is 0 Å². The first kappa shape index (κ1) is 13.9. The molecule has 5 heteroatoms. The van der Waals surface area contributed by atoms with Crippen molar-refractivity contribution in [3.8, 4) is 17.2 Å². The van der Waals surface area contributed by atoms with Crippen LogP contribution in [-0.4, -0.2) is 19.8 Å². The Balaban J connectivity index is 1.83. The number of nitrogens with two attached hydrogens (primary N) is 1. The summed E-state index contributed by atoms with van der Waals surface area (Å²) >= 11 is 1.62. The highest BCUT2D eigenvalue weighted by molar-refractivity contribution is 7.99. The van der Waals surface area contributed by atoms with Crippen molar-refractivity contribution >= 4 is 17.4 Å². The summed E-state index contributed by atoms with van der Waals surface area (Å²) in [6.45, 7) is 3.77. The summed E-state index contributed by atoms with van der Waals surface area (Å²) in [5, 5.41) is 0. The summed E-state index contributed by atoms with van der Waals surface area (Å²) < 4.78 is 16.6. The van der Waals surface area contributed by atoms with E-state index in [1.54, 1.807) is 11.8 Å². The number of benzene rings is 2. The van der Waals surface area contributed by atoms with Crippen molar-refractivity contribution in [2.75, 3.05) is 25.6 Å². The van der Waals surface area contributed by atoms with E-state index in [1.165, 1.54) is 0 Å². The van der Waals surface area contributed by atoms with Crippen LogP contribution in [0.1, 0.15) is 6.92 Å². The molecule has 1 heterocycles. The molecule has 0 spiro atoms. The van der Waals surface area contributed by atoms with Crippen LogP contribution in [0, 0.1) is 0 Å². The van der Waals surface area contributed by atoms with Crippen molar-refractivity contribution in [3.63, 3.8) is 0 Å². The maximum absolute atomic E-state index is 5.92. The van der Waals surface area contributed by atoms with Crippen LogP contribution in [0.15, 0.2) is 46.2 Å². The van der Waals surface area contributed by atoms with Crippen molar-refractivity contribution in [1.29, 1.82) is 0 Å². The Labute approximate surface area is 128 Å². The number of rotatable bonds is 4.